The highest BCUT2D eigenvalue weighted by atomic mass is 32.2. The number of thioether (sulfide) groups is 1. The molecule has 0 heterocycles. The van der Waals surface area contributed by atoms with E-state index in [9.17, 15) is 13.6 Å². The van der Waals surface area contributed by atoms with Crippen LogP contribution in [0, 0.1) is 11.6 Å². The SMILES string of the molecule is CSc1c(F)ccc(C(C)C(=O)O)c1F. The largest absolute Gasteiger partial charge is 0.481 e. The third kappa shape index (κ3) is 2.28. The second-order valence-corrected chi connectivity index (χ2v) is 3.86. The van der Waals surface area contributed by atoms with Crippen molar-refractivity contribution in [3.8, 4) is 0 Å². The summed E-state index contributed by atoms with van der Waals surface area (Å²) in [5, 5.41) is 8.73. The Morgan fingerprint density at radius 2 is 2.07 bits per heavy atom. The van der Waals surface area contributed by atoms with Gasteiger partial charge in [0, 0.05) is 5.56 Å². The smallest absolute Gasteiger partial charge is 0.310 e. The number of aliphatic carboxylic acids is 1. The van der Waals surface area contributed by atoms with Crippen LogP contribution in [0.3, 0.4) is 0 Å². The monoisotopic (exact) mass is 232 g/mol. The number of hydrogen-bond acceptors (Lipinski definition) is 2. The fourth-order valence-corrected chi connectivity index (χ4v) is 1.76. The van der Waals surface area contributed by atoms with Gasteiger partial charge in [-0.3, -0.25) is 4.79 Å². The number of carbonyl (C=O) groups is 1. The van der Waals surface area contributed by atoms with Crippen molar-refractivity contribution in [2.24, 2.45) is 0 Å². The van der Waals surface area contributed by atoms with Crippen molar-refractivity contribution in [2.75, 3.05) is 6.26 Å². The molecule has 5 heteroatoms. The predicted molar refractivity (Wildman–Crippen MR) is 54.2 cm³/mol. The van der Waals surface area contributed by atoms with Crippen LogP contribution in [0.25, 0.3) is 0 Å². The number of carboxylic acids is 1. The van der Waals surface area contributed by atoms with Gasteiger partial charge in [0.05, 0.1) is 10.8 Å². The molecule has 0 saturated carbocycles. The van der Waals surface area contributed by atoms with E-state index >= 15 is 0 Å². The van der Waals surface area contributed by atoms with Crippen LogP contribution >= 0.6 is 11.8 Å². The van der Waals surface area contributed by atoms with Crippen LogP contribution in [0.1, 0.15) is 18.4 Å². The summed E-state index contributed by atoms with van der Waals surface area (Å²) in [5.74, 6) is -3.55. The normalized spacial score (nSPS) is 12.5. The van der Waals surface area contributed by atoms with Gasteiger partial charge in [0.15, 0.2) is 0 Å². The number of halogens is 2. The first-order valence-electron chi connectivity index (χ1n) is 4.23. The van der Waals surface area contributed by atoms with Gasteiger partial charge in [-0.15, -0.1) is 11.8 Å². The molecular weight excluding hydrogens is 222 g/mol. The van der Waals surface area contributed by atoms with E-state index in [2.05, 4.69) is 0 Å². The molecule has 0 aliphatic rings. The molecule has 1 N–H and O–H groups in total. The Morgan fingerprint density at radius 3 is 2.53 bits per heavy atom. The minimum absolute atomic E-state index is 0.00764. The maximum absolute atomic E-state index is 13.6. The van der Waals surface area contributed by atoms with Crippen LogP contribution in [0.2, 0.25) is 0 Å². The van der Waals surface area contributed by atoms with Gasteiger partial charge in [0.25, 0.3) is 0 Å². The Labute approximate surface area is 90.3 Å². The summed E-state index contributed by atoms with van der Waals surface area (Å²) in [6.45, 7) is 1.36. The Morgan fingerprint density at radius 1 is 1.47 bits per heavy atom. The third-order valence-corrected chi connectivity index (χ3v) is 2.90. The van der Waals surface area contributed by atoms with Gasteiger partial charge in [0.1, 0.15) is 11.6 Å². The Kier molecular flexibility index (Phi) is 3.68. The van der Waals surface area contributed by atoms with Crippen molar-refractivity contribution in [3.05, 3.63) is 29.3 Å². The second kappa shape index (κ2) is 4.61. The van der Waals surface area contributed by atoms with E-state index in [1.54, 1.807) is 0 Å². The highest BCUT2D eigenvalue weighted by Gasteiger charge is 2.21. The van der Waals surface area contributed by atoms with Crippen LogP contribution in [0.5, 0.6) is 0 Å². The maximum atomic E-state index is 13.6. The number of hydrogen-bond donors (Lipinski definition) is 1. The van der Waals surface area contributed by atoms with Crippen molar-refractivity contribution in [1.29, 1.82) is 0 Å². The molecule has 0 spiro atoms. The Hall–Kier alpha value is -1.10. The fraction of sp³-hybridized carbons (Fsp3) is 0.300. The van der Waals surface area contributed by atoms with Crippen molar-refractivity contribution in [3.63, 3.8) is 0 Å². The zero-order valence-electron chi connectivity index (χ0n) is 8.25. The first-order valence-corrected chi connectivity index (χ1v) is 5.46. The minimum atomic E-state index is -1.13. The molecule has 82 valence electrons. The zero-order chi connectivity index (χ0) is 11.6. The molecule has 0 aliphatic heterocycles. The zero-order valence-corrected chi connectivity index (χ0v) is 9.07. The van der Waals surface area contributed by atoms with E-state index in [1.165, 1.54) is 19.2 Å². The molecule has 0 aromatic heterocycles. The molecule has 0 amide bonds. The van der Waals surface area contributed by atoms with Gasteiger partial charge >= 0.3 is 5.97 Å². The van der Waals surface area contributed by atoms with Gasteiger partial charge in [-0.25, -0.2) is 8.78 Å². The van der Waals surface area contributed by atoms with E-state index in [-0.39, 0.29) is 10.5 Å². The second-order valence-electron chi connectivity index (χ2n) is 3.04. The summed E-state index contributed by atoms with van der Waals surface area (Å²) < 4.78 is 26.7. The Bertz CT molecular complexity index is 393. The van der Waals surface area contributed by atoms with E-state index in [0.717, 1.165) is 17.8 Å². The first-order chi connectivity index (χ1) is 6.99. The molecule has 1 aromatic carbocycles. The van der Waals surface area contributed by atoms with Gasteiger partial charge in [-0.05, 0) is 19.2 Å². The summed E-state index contributed by atoms with van der Waals surface area (Å²) in [7, 11) is 0. The first kappa shape index (κ1) is 12.0. The molecule has 0 radical (unpaired) electrons. The van der Waals surface area contributed by atoms with Crippen LogP contribution in [-0.2, 0) is 4.79 Å². The molecule has 2 nitrogen and oxygen atoms in total. The van der Waals surface area contributed by atoms with Crippen molar-refractivity contribution >= 4 is 17.7 Å². The average molecular weight is 232 g/mol. The maximum Gasteiger partial charge on any atom is 0.310 e. The number of rotatable bonds is 3. The Balaban J connectivity index is 3.27. The minimum Gasteiger partial charge on any atom is -0.481 e. The van der Waals surface area contributed by atoms with E-state index in [1.807, 2.05) is 0 Å². The molecule has 1 unspecified atom stereocenters. The molecule has 1 aromatic rings. The lowest BCUT2D eigenvalue weighted by Gasteiger charge is -2.10. The average Bonchev–Trinajstić information content (AvgIpc) is 2.17. The fourth-order valence-electron chi connectivity index (χ4n) is 1.20. The molecule has 0 bridgehead atoms. The molecule has 1 atom stereocenters. The summed E-state index contributed by atoms with van der Waals surface area (Å²) in [6.07, 6.45) is 1.54. The summed E-state index contributed by atoms with van der Waals surface area (Å²) >= 11 is 0.922. The molecule has 15 heavy (non-hydrogen) atoms. The van der Waals surface area contributed by atoms with Gasteiger partial charge < -0.3 is 5.11 Å². The highest BCUT2D eigenvalue weighted by Crippen LogP contribution is 2.29. The molecular formula is C10H10F2O2S. The number of carboxylic acid groups (broad SMARTS) is 1. The lowest BCUT2D eigenvalue weighted by Crippen LogP contribution is -2.10. The van der Waals surface area contributed by atoms with E-state index in [4.69, 9.17) is 5.11 Å². The molecule has 0 aliphatic carbocycles. The highest BCUT2D eigenvalue weighted by molar-refractivity contribution is 7.98. The molecule has 0 saturated heterocycles. The third-order valence-electron chi connectivity index (χ3n) is 2.12. The molecule has 0 fully saturated rings. The molecule has 1 rings (SSSR count). The van der Waals surface area contributed by atoms with E-state index < -0.39 is 23.5 Å². The van der Waals surface area contributed by atoms with Crippen LogP contribution in [-0.4, -0.2) is 17.3 Å². The summed E-state index contributed by atoms with van der Waals surface area (Å²) in [6, 6.07) is 2.26. The lowest BCUT2D eigenvalue weighted by molar-refractivity contribution is -0.138. The number of benzene rings is 1. The van der Waals surface area contributed by atoms with Crippen LogP contribution in [0.4, 0.5) is 8.78 Å². The quantitative estimate of drug-likeness (QED) is 0.814. The standard InChI is InChI=1S/C10H10F2O2S/c1-5(10(13)14)6-3-4-7(11)9(15-2)8(6)12/h3-5H,1-2H3,(H,13,14). The van der Waals surface area contributed by atoms with Crippen molar-refractivity contribution < 1.29 is 18.7 Å². The van der Waals surface area contributed by atoms with Gasteiger partial charge in [0.2, 0.25) is 0 Å². The van der Waals surface area contributed by atoms with Crippen molar-refractivity contribution in [1.82, 2.24) is 0 Å². The van der Waals surface area contributed by atoms with Crippen LogP contribution in [0.15, 0.2) is 17.0 Å². The van der Waals surface area contributed by atoms with Crippen molar-refractivity contribution in [2.45, 2.75) is 17.7 Å². The van der Waals surface area contributed by atoms with Crippen LogP contribution < -0.4 is 0 Å². The van der Waals surface area contributed by atoms with Gasteiger partial charge in [-0.1, -0.05) is 6.07 Å². The summed E-state index contributed by atoms with van der Waals surface area (Å²) in [5.41, 5.74) is 0.00764. The predicted octanol–water partition coefficient (Wildman–Crippen LogP) is 2.87. The van der Waals surface area contributed by atoms with E-state index in [0.29, 0.717) is 0 Å². The van der Waals surface area contributed by atoms with Gasteiger partial charge in [-0.2, -0.15) is 0 Å². The summed E-state index contributed by atoms with van der Waals surface area (Å²) in [4.78, 5) is 10.5. The topological polar surface area (TPSA) is 37.3 Å². The lowest BCUT2D eigenvalue weighted by atomic mass is 10.0.